The summed E-state index contributed by atoms with van der Waals surface area (Å²) in [4.78, 5) is 11.7. The fraction of sp³-hybridized carbons (Fsp3) is 0.353. The number of nitrogens with one attached hydrogen (secondary N) is 2. The van der Waals surface area contributed by atoms with Gasteiger partial charge in [-0.2, -0.15) is 0 Å². The molecule has 0 spiro atoms. The van der Waals surface area contributed by atoms with Crippen LogP contribution in [0.1, 0.15) is 25.5 Å². The topological polar surface area (TPSA) is 46.1 Å². The van der Waals surface area contributed by atoms with E-state index >= 15 is 0 Å². The van der Waals surface area contributed by atoms with E-state index in [2.05, 4.69) is 40.5 Å². The van der Waals surface area contributed by atoms with E-state index in [1.807, 2.05) is 24.3 Å². The van der Waals surface area contributed by atoms with Crippen LogP contribution in [0.3, 0.4) is 0 Å². The normalized spacial score (nSPS) is 14.0. The summed E-state index contributed by atoms with van der Waals surface area (Å²) in [6.45, 7) is 3.92. The van der Waals surface area contributed by atoms with Gasteiger partial charge in [0.1, 0.15) is 0 Å². The lowest BCUT2D eigenvalue weighted by Crippen LogP contribution is -2.13. The Hall–Kier alpha value is -2.23. The number of hydrogen-bond donors (Lipinski definition) is 2. The molecule has 1 aromatic heterocycles. The van der Waals surface area contributed by atoms with Gasteiger partial charge in [-0.3, -0.25) is 4.79 Å². The maximum atomic E-state index is 11.7. The van der Waals surface area contributed by atoms with Crippen molar-refractivity contribution in [1.29, 1.82) is 0 Å². The van der Waals surface area contributed by atoms with Gasteiger partial charge in [0, 0.05) is 35.7 Å². The molecule has 4 nitrogen and oxygen atoms in total. The zero-order chi connectivity index (χ0) is 14.7. The van der Waals surface area contributed by atoms with Crippen LogP contribution in [0.2, 0.25) is 0 Å². The molecule has 0 unspecified atom stereocenters. The fourth-order valence-electron chi connectivity index (χ4n) is 2.37. The van der Waals surface area contributed by atoms with Crippen LogP contribution < -0.4 is 10.6 Å². The average molecular weight is 283 g/mol. The van der Waals surface area contributed by atoms with Gasteiger partial charge in [-0.25, -0.2) is 0 Å². The summed E-state index contributed by atoms with van der Waals surface area (Å²) in [6, 6.07) is 12.1. The Balaban J connectivity index is 1.55. The number of hydrogen-bond acceptors (Lipinski definition) is 2. The van der Waals surface area contributed by atoms with Crippen molar-refractivity contribution in [3.8, 4) is 0 Å². The molecule has 1 aliphatic rings. The molecule has 1 aliphatic carbocycles. The summed E-state index contributed by atoms with van der Waals surface area (Å²) < 4.78 is 2.22. The lowest BCUT2D eigenvalue weighted by molar-refractivity contribution is -0.117. The molecule has 21 heavy (non-hydrogen) atoms. The molecular formula is C17H21N3O. The molecule has 0 aliphatic heterocycles. The highest BCUT2D eigenvalue weighted by Crippen LogP contribution is 2.30. The van der Waals surface area contributed by atoms with Crippen LogP contribution in [0.25, 0.3) is 0 Å². The fourth-order valence-corrected chi connectivity index (χ4v) is 2.37. The Morgan fingerprint density at radius 2 is 1.90 bits per heavy atom. The van der Waals surface area contributed by atoms with Crippen molar-refractivity contribution in [2.45, 2.75) is 32.9 Å². The zero-order valence-electron chi connectivity index (χ0n) is 12.3. The molecule has 1 fully saturated rings. The van der Waals surface area contributed by atoms with E-state index in [1.165, 1.54) is 5.69 Å². The Morgan fingerprint density at radius 3 is 2.57 bits per heavy atom. The van der Waals surface area contributed by atoms with Gasteiger partial charge < -0.3 is 15.2 Å². The van der Waals surface area contributed by atoms with Crippen molar-refractivity contribution in [1.82, 2.24) is 4.57 Å². The molecule has 3 rings (SSSR count). The highest BCUT2D eigenvalue weighted by atomic mass is 16.2. The second-order valence-electron chi connectivity index (χ2n) is 5.48. The number of nitrogens with zero attached hydrogens (tertiary/aromatic N) is 1. The molecule has 1 heterocycles. The Morgan fingerprint density at radius 1 is 1.19 bits per heavy atom. The van der Waals surface area contributed by atoms with E-state index in [0.717, 1.165) is 37.3 Å². The van der Waals surface area contributed by atoms with E-state index in [9.17, 15) is 4.79 Å². The molecule has 0 bridgehead atoms. The van der Waals surface area contributed by atoms with Crippen LogP contribution >= 0.6 is 0 Å². The Bertz CT molecular complexity index is 611. The number of aromatic nitrogens is 1. The maximum Gasteiger partial charge on any atom is 0.227 e. The van der Waals surface area contributed by atoms with E-state index < -0.39 is 0 Å². The predicted octanol–water partition coefficient (Wildman–Crippen LogP) is 3.47. The molecule has 0 radical (unpaired) electrons. The van der Waals surface area contributed by atoms with E-state index in [4.69, 9.17) is 0 Å². The molecule has 2 aromatic rings. The van der Waals surface area contributed by atoms with Crippen LogP contribution in [0.4, 0.5) is 11.4 Å². The second-order valence-corrected chi connectivity index (χ2v) is 5.48. The van der Waals surface area contributed by atoms with Crippen molar-refractivity contribution in [2.75, 3.05) is 10.6 Å². The van der Waals surface area contributed by atoms with Gasteiger partial charge in [-0.15, -0.1) is 0 Å². The number of carbonyl (C=O) groups is 1. The minimum absolute atomic E-state index is 0.150. The van der Waals surface area contributed by atoms with Crippen LogP contribution in [0.5, 0.6) is 0 Å². The molecule has 1 aromatic carbocycles. The predicted molar refractivity (Wildman–Crippen MR) is 85.2 cm³/mol. The minimum Gasteiger partial charge on any atom is -0.379 e. The number of amides is 1. The van der Waals surface area contributed by atoms with Crippen molar-refractivity contribution < 1.29 is 4.79 Å². The van der Waals surface area contributed by atoms with Gasteiger partial charge in [-0.1, -0.05) is 0 Å². The number of carbonyl (C=O) groups excluding carboxylic acids is 1. The molecular weight excluding hydrogens is 262 g/mol. The Labute approximate surface area is 125 Å². The Kier molecular flexibility index (Phi) is 3.95. The van der Waals surface area contributed by atoms with Crippen molar-refractivity contribution in [2.24, 2.45) is 5.92 Å². The van der Waals surface area contributed by atoms with Gasteiger partial charge in [-0.05, 0) is 56.2 Å². The van der Waals surface area contributed by atoms with E-state index in [0.29, 0.717) is 0 Å². The quantitative estimate of drug-likeness (QED) is 0.852. The highest BCUT2D eigenvalue weighted by molar-refractivity contribution is 5.94. The molecule has 1 saturated carbocycles. The maximum absolute atomic E-state index is 11.7. The molecule has 2 N–H and O–H groups in total. The number of aryl methyl sites for hydroxylation is 1. The van der Waals surface area contributed by atoms with Crippen LogP contribution in [0.15, 0.2) is 42.6 Å². The minimum atomic E-state index is 0.150. The van der Waals surface area contributed by atoms with Gasteiger partial charge in [0.2, 0.25) is 5.91 Å². The van der Waals surface area contributed by atoms with Gasteiger partial charge in [0.15, 0.2) is 0 Å². The number of rotatable bonds is 6. The summed E-state index contributed by atoms with van der Waals surface area (Å²) in [6.07, 6.45) is 4.15. The average Bonchev–Trinajstić information content (AvgIpc) is 3.26. The summed E-state index contributed by atoms with van der Waals surface area (Å²) in [5, 5.41) is 6.35. The highest BCUT2D eigenvalue weighted by Gasteiger charge is 2.29. The van der Waals surface area contributed by atoms with Crippen molar-refractivity contribution in [3.63, 3.8) is 0 Å². The van der Waals surface area contributed by atoms with Crippen molar-refractivity contribution in [3.05, 3.63) is 48.3 Å². The van der Waals surface area contributed by atoms with Gasteiger partial charge in [0.25, 0.3) is 0 Å². The van der Waals surface area contributed by atoms with Gasteiger partial charge in [0.05, 0.1) is 6.54 Å². The van der Waals surface area contributed by atoms with Crippen LogP contribution in [-0.2, 0) is 17.9 Å². The number of anilines is 2. The summed E-state index contributed by atoms with van der Waals surface area (Å²) in [7, 11) is 0. The van der Waals surface area contributed by atoms with E-state index in [-0.39, 0.29) is 11.8 Å². The second kappa shape index (κ2) is 6.04. The third kappa shape index (κ3) is 3.45. The third-order valence-corrected chi connectivity index (χ3v) is 3.84. The SMILES string of the molecule is CCn1cccc1CNc1ccc(NC(=O)C2CC2)cc1. The lowest BCUT2D eigenvalue weighted by Gasteiger charge is -2.10. The van der Waals surface area contributed by atoms with Crippen molar-refractivity contribution >= 4 is 17.3 Å². The van der Waals surface area contributed by atoms with Gasteiger partial charge >= 0.3 is 0 Å². The first kappa shape index (κ1) is 13.7. The van der Waals surface area contributed by atoms with E-state index in [1.54, 1.807) is 0 Å². The standard InChI is InChI=1S/C17H21N3O/c1-2-20-11-3-4-16(20)12-18-14-7-9-15(10-8-14)19-17(21)13-5-6-13/h3-4,7-11,13,18H,2,5-6,12H2,1H3,(H,19,21). The molecule has 0 saturated heterocycles. The first-order chi connectivity index (χ1) is 10.3. The molecule has 1 amide bonds. The zero-order valence-corrected chi connectivity index (χ0v) is 12.3. The summed E-state index contributed by atoms with van der Waals surface area (Å²) >= 11 is 0. The largest absolute Gasteiger partial charge is 0.379 e. The lowest BCUT2D eigenvalue weighted by atomic mass is 10.2. The number of benzene rings is 1. The molecule has 110 valence electrons. The molecule has 4 heteroatoms. The monoisotopic (exact) mass is 283 g/mol. The smallest absolute Gasteiger partial charge is 0.227 e. The first-order valence-electron chi connectivity index (χ1n) is 7.55. The van der Waals surface area contributed by atoms with Crippen LogP contribution in [-0.4, -0.2) is 10.5 Å². The third-order valence-electron chi connectivity index (χ3n) is 3.84. The first-order valence-corrected chi connectivity index (χ1v) is 7.55. The molecule has 0 atom stereocenters. The summed E-state index contributed by atoms with van der Waals surface area (Å²) in [5.74, 6) is 0.390. The van der Waals surface area contributed by atoms with Crippen LogP contribution in [0, 0.1) is 5.92 Å². The summed E-state index contributed by atoms with van der Waals surface area (Å²) in [5.41, 5.74) is 3.20.